The highest BCUT2D eigenvalue weighted by Crippen LogP contribution is 2.13. The van der Waals surface area contributed by atoms with Gasteiger partial charge in [0.1, 0.15) is 11.6 Å². The fraction of sp³-hybridized carbons (Fsp3) is 0.286. The Balaban J connectivity index is 1.74. The maximum atomic E-state index is 12.9. The van der Waals surface area contributed by atoms with Crippen LogP contribution in [0.25, 0.3) is 0 Å². The number of esters is 1. The van der Waals surface area contributed by atoms with Gasteiger partial charge in [0.25, 0.3) is 5.91 Å². The second-order valence-corrected chi connectivity index (χ2v) is 6.07. The molecule has 0 saturated carbocycles. The number of halogens is 1. The number of Topliss-reactive ketones (excluding diaryl/α,β-unsaturated/α-hetero) is 1. The largest absolute Gasteiger partial charge is 0.482 e. The molecule has 1 N–H and O–H groups in total. The molecule has 0 heterocycles. The Labute approximate surface area is 162 Å². The number of hydrogen-bond acceptors (Lipinski definition) is 5. The Morgan fingerprint density at radius 2 is 1.68 bits per heavy atom. The zero-order chi connectivity index (χ0) is 20.5. The topological polar surface area (TPSA) is 81.7 Å². The third-order valence-electron chi connectivity index (χ3n) is 3.91. The van der Waals surface area contributed by atoms with Gasteiger partial charge in [-0.15, -0.1) is 0 Å². The number of amides is 1. The fourth-order valence-electron chi connectivity index (χ4n) is 2.30. The van der Waals surface area contributed by atoms with Gasteiger partial charge in [-0.25, -0.2) is 9.18 Å². The molecule has 0 aromatic heterocycles. The molecule has 7 heteroatoms. The highest BCUT2D eigenvalue weighted by Gasteiger charge is 2.18. The normalized spacial score (nSPS) is 11.4. The summed E-state index contributed by atoms with van der Waals surface area (Å²) in [5.41, 5.74) is 1.30. The summed E-state index contributed by atoms with van der Waals surface area (Å²) in [5, 5.41) is 2.61. The molecule has 0 aliphatic carbocycles. The minimum atomic E-state index is -0.999. The maximum absolute atomic E-state index is 12.9. The van der Waals surface area contributed by atoms with Crippen molar-refractivity contribution in [3.63, 3.8) is 0 Å². The van der Waals surface area contributed by atoms with Crippen LogP contribution in [0, 0.1) is 5.82 Å². The Hall–Kier alpha value is -3.22. The quantitative estimate of drug-likeness (QED) is 0.528. The van der Waals surface area contributed by atoms with E-state index in [9.17, 15) is 18.8 Å². The molecule has 0 saturated heterocycles. The lowest BCUT2D eigenvalue weighted by Gasteiger charge is -2.14. The molecular formula is C21H22FNO5. The summed E-state index contributed by atoms with van der Waals surface area (Å²) >= 11 is 0. The highest BCUT2D eigenvalue weighted by molar-refractivity contribution is 5.95. The SMILES string of the molecule is CCC(=O)c1ccc(OCC(=O)OC(C)C(=O)NCc2ccc(F)cc2)cc1. The van der Waals surface area contributed by atoms with Gasteiger partial charge in [0.2, 0.25) is 0 Å². The first kappa shape index (κ1) is 21.1. The third kappa shape index (κ3) is 6.50. The van der Waals surface area contributed by atoms with Gasteiger partial charge in [0, 0.05) is 18.5 Å². The summed E-state index contributed by atoms with van der Waals surface area (Å²) in [6, 6.07) is 12.1. The van der Waals surface area contributed by atoms with E-state index in [0.717, 1.165) is 5.56 Å². The maximum Gasteiger partial charge on any atom is 0.344 e. The van der Waals surface area contributed by atoms with E-state index < -0.39 is 18.0 Å². The van der Waals surface area contributed by atoms with Crippen molar-refractivity contribution in [2.75, 3.05) is 6.61 Å². The number of hydrogen-bond donors (Lipinski definition) is 1. The van der Waals surface area contributed by atoms with Gasteiger partial charge in [-0.1, -0.05) is 19.1 Å². The average molecular weight is 387 g/mol. The third-order valence-corrected chi connectivity index (χ3v) is 3.91. The zero-order valence-electron chi connectivity index (χ0n) is 15.7. The van der Waals surface area contributed by atoms with E-state index in [4.69, 9.17) is 9.47 Å². The summed E-state index contributed by atoms with van der Waals surface area (Å²) in [6.45, 7) is 3.06. The van der Waals surface area contributed by atoms with Crippen LogP contribution in [-0.4, -0.2) is 30.4 Å². The van der Waals surface area contributed by atoms with Gasteiger partial charge in [-0.05, 0) is 48.9 Å². The summed E-state index contributed by atoms with van der Waals surface area (Å²) in [6.07, 6.45) is -0.589. The predicted molar refractivity (Wildman–Crippen MR) is 100 cm³/mol. The summed E-state index contributed by atoms with van der Waals surface area (Å²) < 4.78 is 23.2. The van der Waals surface area contributed by atoms with Crippen molar-refractivity contribution in [1.29, 1.82) is 0 Å². The number of benzene rings is 2. The molecule has 2 aromatic carbocycles. The molecule has 0 spiro atoms. The van der Waals surface area contributed by atoms with Crippen LogP contribution in [0.5, 0.6) is 5.75 Å². The van der Waals surface area contributed by atoms with Gasteiger partial charge >= 0.3 is 5.97 Å². The lowest BCUT2D eigenvalue weighted by atomic mass is 10.1. The lowest BCUT2D eigenvalue weighted by molar-refractivity contribution is -0.156. The van der Waals surface area contributed by atoms with Gasteiger partial charge < -0.3 is 14.8 Å². The van der Waals surface area contributed by atoms with Gasteiger partial charge in [-0.3, -0.25) is 9.59 Å². The number of carbonyl (C=O) groups excluding carboxylic acids is 3. The Morgan fingerprint density at radius 3 is 2.29 bits per heavy atom. The van der Waals surface area contributed by atoms with Crippen LogP contribution >= 0.6 is 0 Å². The van der Waals surface area contributed by atoms with Crippen molar-refractivity contribution < 1.29 is 28.2 Å². The first-order valence-electron chi connectivity index (χ1n) is 8.86. The fourth-order valence-corrected chi connectivity index (χ4v) is 2.30. The molecule has 28 heavy (non-hydrogen) atoms. The smallest absolute Gasteiger partial charge is 0.344 e. The molecule has 2 aromatic rings. The minimum Gasteiger partial charge on any atom is -0.482 e. The standard InChI is InChI=1S/C21H22FNO5/c1-3-19(24)16-6-10-18(11-7-16)27-13-20(25)28-14(2)21(26)23-12-15-4-8-17(22)9-5-15/h4-11,14H,3,12-13H2,1-2H3,(H,23,26). The molecular weight excluding hydrogens is 365 g/mol. The first-order chi connectivity index (χ1) is 13.4. The van der Waals surface area contributed by atoms with E-state index in [0.29, 0.717) is 17.7 Å². The summed E-state index contributed by atoms with van der Waals surface area (Å²) in [4.78, 5) is 35.4. The predicted octanol–water partition coefficient (Wildman–Crippen LogP) is 3.05. The number of ether oxygens (including phenoxy) is 2. The second kappa shape index (κ2) is 10.2. The molecule has 0 aliphatic rings. The number of ketones is 1. The molecule has 1 atom stereocenters. The van der Waals surface area contributed by atoms with Crippen molar-refractivity contribution in [2.24, 2.45) is 0 Å². The second-order valence-electron chi connectivity index (χ2n) is 6.07. The molecule has 0 fully saturated rings. The monoisotopic (exact) mass is 387 g/mol. The molecule has 148 valence electrons. The minimum absolute atomic E-state index is 0.0198. The van der Waals surface area contributed by atoms with Crippen molar-refractivity contribution in [2.45, 2.75) is 32.9 Å². The lowest BCUT2D eigenvalue weighted by Crippen LogP contribution is -2.36. The van der Waals surface area contributed by atoms with Gasteiger partial charge in [0.15, 0.2) is 18.5 Å². The molecule has 0 aliphatic heterocycles. The van der Waals surface area contributed by atoms with E-state index in [1.54, 1.807) is 43.3 Å². The van der Waals surface area contributed by atoms with Gasteiger partial charge in [0.05, 0.1) is 0 Å². The van der Waals surface area contributed by atoms with Crippen molar-refractivity contribution in [3.05, 3.63) is 65.5 Å². The Kier molecular flexibility index (Phi) is 7.68. The van der Waals surface area contributed by atoms with Crippen LogP contribution < -0.4 is 10.1 Å². The van der Waals surface area contributed by atoms with Crippen molar-refractivity contribution in [1.82, 2.24) is 5.32 Å². The van der Waals surface area contributed by atoms with Crippen LogP contribution in [0.3, 0.4) is 0 Å². The average Bonchev–Trinajstić information content (AvgIpc) is 2.71. The Bertz CT molecular complexity index is 818. The molecule has 0 radical (unpaired) electrons. The summed E-state index contributed by atoms with van der Waals surface area (Å²) in [5.74, 6) is -1.09. The van der Waals surface area contributed by atoms with E-state index in [1.165, 1.54) is 19.1 Å². The highest BCUT2D eigenvalue weighted by atomic mass is 19.1. The number of nitrogens with one attached hydrogen (secondary N) is 1. The molecule has 1 unspecified atom stereocenters. The number of rotatable bonds is 9. The van der Waals surface area contributed by atoms with Crippen molar-refractivity contribution >= 4 is 17.7 Å². The van der Waals surface area contributed by atoms with Crippen LogP contribution in [0.15, 0.2) is 48.5 Å². The van der Waals surface area contributed by atoms with Crippen LogP contribution in [-0.2, 0) is 20.9 Å². The van der Waals surface area contributed by atoms with E-state index in [-0.39, 0.29) is 24.8 Å². The van der Waals surface area contributed by atoms with Gasteiger partial charge in [-0.2, -0.15) is 0 Å². The van der Waals surface area contributed by atoms with E-state index in [2.05, 4.69) is 5.32 Å². The summed E-state index contributed by atoms with van der Waals surface area (Å²) in [7, 11) is 0. The molecule has 2 rings (SSSR count). The molecule has 1 amide bonds. The molecule has 0 bridgehead atoms. The number of carbonyl (C=O) groups is 3. The zero-order valence-corrected chi connectivity index (χ0v) is 15.7. The van der Waals surface area contributed by atoms with Crippen LogP contribution in [0.2, 0.25) is 0 Å². The van der Waals surface area contributed by atoms with E-state index in [1.807, 2.05) is 0 Å². The van der Waals surface area contributed by atoms with E-state index >= 15 is 0 Å². The van der Waals surface area contributed by atoms with Crippen molar-refractivity contribution in [3.8, 4) is 5.75 Å². The molecule has 6 nitrogen and oxygen atoms in total. The first-order valence-corrected chi connectivity index (χ1v) is 8.86. The van der Waals surface area contributed by atoms with Crippen LogP contribution in [0.4, 0.5) is 4.39 Å². The van der Waals surface area contributed by atoms with Crippen LogP contribution in [0.1, 0.15) is 36.2 Å². The Morgan fingerprint density at radius 1 is 1.04 bits per heavy atom.